The first kappa shape index (κ1) is 49.4. The van der Waals surface area contributed by atoms with E-state index in [0.29, 0.717) is 5.56 Å². The van der Waals surface area contributed by atoms with Crippen LogP contribution >= 0.6 is 11.8 Å². The molecule has 3 rings (SSSR count). The number of carbonyl (C=O) groups is 3. The van der Waals surface area contributed by atoms with Gasteiger partial charge in [-0.15, -0.1) is 0 Å². The molecule has 3 aromatic rings. The van der Waals surface area contributed by atoms with Gasteiger partial charge in [-0.3, -0.25) is 9.59 Å². The zero-order valence-corrected chi connectivity index (χ0v) is 35.1. The first-order chi connectivity index (χ1) is 25.0. The van der Waals surface area contributed by atoms with Gasteiger partial charge in [0, 0.05) is 11.8 Å². The Bertz CT molecular complexity index is 1590. The fraction of sp³-hybridized carbons (Fsp3) is 0.512. The van der Waals surface area contributed by atoms with Crippen LogP contribution in [0.4, 0.5) is 0 Å². The second kappa shape index (κ2) is 27.9. The van der Waals surface area contributed by atoms with Gasteiger partial charge in [-0.25, -0.2) is 13.2 Å². The Labute approximate surface area is 324 Å². The third kappa shape index (κ3) is 22.2. The van der Waals surface area contributed by atoms with Crippen LogP contribution in [0.15, 0.2) is 72.8 Å². The Hall–Kier alpha value is -3.63. The molecule has 0 aliphatic carbocycles. The molecule has 8 nitrogen and oxygen atoms in total. The minimum absolute atomic E-state index is 0.183. The normalized spacial score (nSPS) is 12.2. The van der Waals surface area contributed by atoms with E-state index < -0.39 is 33.7 Å². The monoisotopic (exact) mass is 771 g/mol. The summed E-state index contributed by atoms with van der Waals surface area (Å²) in [7, 11) is -3.33. The van der Waals surface area contributed by atoms with E-state index in [1.165, 1.54) is 37.7 Å². The molecule has 3 N–H and O–H groups in total. The van der Waals surface area contributed by atoms with E-state index in [0.717, 1.165) is 53.0 Å². The van der Waals surface area contributed by atoms with Crippen molar-refractivity contribution in [3.8, 4) is 11.1 Å². The highest BCUT2D eigenvalue weighted by Gasteiger charge is 2.24. The number of benzene rings is 3. The number of hydrogen-bond acceptors (Lipinski definition) is 6. The molecule has 3 atom stereocenters. The number of aryl methyl sites for hydroxylation is 2. The maximum absolute atomic E-state index is 12.9. The van der Waals surface area contributed by atoms with E-state index >= 15 is 0 Å². The number of sulfone groups is 1. The summed E-state index contributed by atoms with van der Waals surface area (Å²) in [6.45, 7) is 14.6. The Morgan fingerprint density at radius 2 is 1.40 bits per heavy atom. The summed E-state index contributed by atoms with van der Waals surface area (Å²) in [5, 5.41) is 20.2. The number of nitrogens with one attached hydrogen (secondary N) is 1. The second-order valence-electron chi connectivity index (χ2n) is 13.5. The quantitative estimate of drug-likeness (QED) is 0.123. The predicted octanol–water partition coefficient (Wildman–Crippen LogP) is 9.77. The van der Waals surface area contributed by atoms with Gasteiger partial charge in [0.15, 0.2) is 0 Å². The van der Waals surface area contributed by atoms with Gasteiger partial charge >= 0.3 is 11.9 Å². The van der Waals surface area contributed by atoms with Crippen molar-refractivity contribution < 1.29 is 33.0 Å². The lowest BCUT2D eigenvalue weighted by atomic mass is 9.93. The van der Waals surface area contributed by atoms with Gasteiger partial charge in [-0.1, -0.05) is 134 Å². The van der Waals surface area contributed by atoms with Gasteiger partial charge in [-0.05, 0) is 84.4 Å². The highest BCUT2D eigenvalue weighted by atomic mass is 32.2. The first-order valence-corrected chi connectivity index (χ1v) is 22.2. The number of unbranched alkanes of at least 4 members (excludes halogenated alkanes) is 1. The maximum atomic E-state index is 12.9. The van der Waals surface area contributed by atoms with E-state index in [4.69, 9.17) is 5.11 Å². The molecule has 0 aliphatic heterocycles. The summed E-state index contributed by atoms with van der Waals surface area (Å²) >= 11 is 1.68. The Kier molecular flexibility index (Phi) is 26.0. The van der Waals surface area contributed by atoms with Crippen molar-refractivity contribution in [2.75, 3.05) is 24.0 Å². The average molecular weight is 772 g/mol. The molecule has 0 heterocycles. The third-order valence-electron chi connectivity index (χ3n) is 8.21. The van der Waals surface area contributed by atoms with E-state index in [1.807, 2.05) is 56.5 Å². The van der Waals surface area contributed by atoms with Crippen molar-refractivity contribution in [1.82, 2.24) is 5.32 Å². The Morgan fingerprint density at radius 3 is 1.91 bits per heavy atom. The molecule has 0 saturated carbocycles. The lowest BCUT2D eigenvalue weighted by molar-refractivity contribution is -0.141. The molecule has 0 saturated heterocycles. The van der Waals surface area contributed by atoms with E-state index in [1.54, 1.807) is 24.8 Å². The van der Waals surface area contributed by atoms with Gasteiger partial charge < -0.3 is 15.5 Å². The molecule has 10 heteroatoms. The largest absolute Gasteiger partial charge is 0.481 e. The number of carboxylic acids is 2. The van der Waals surface area contributed by atoms with Crippen LogP contribution in [0.25, 0.3) is 11.1 Å². The summed E-state index contributed by atoms with van der Waals surface area (Å²) in [5.41, 5.74) is 5.51. The Morgan fingerprint density at radius 1 is 0.792 bits per heavy atom. The van der Waals surface area contributed by atoms with Gasteiger partial charge in [0.2, 0.25) is 0 Å². The smallest absolute Gasteiger partial charge is 0.326 e. The molecule has 296 valence electrons. The van der Waals surface area contributed by atoms with Gasteiger partial charge in [-0.2, -0.15) is 11.8 Å². The molecule has 3 aromatic carbocycles. The molecule has 0 bridgehead atoms. The van der Waals surface area contributed by atoms with Crippen LogP contribution in [0, 0.1) is 18.8 Å². The summed E-state index contributed by atoms with van der Waals surface area (Å²) < 4.78 is 22.7. The fourth-order valence-electron chi connectivity index (χ4n) is 5.02. The zero-order valence-electron chi connectivity index (χ0n) is 33.5. The lowest BCUT2D eigenvalue weighted by Crippen LogP contribution is -2.42. The molecule has 3 unspecified atom stereocenters. The van der Waals surface area contributed by atoms with Crippen LogP contribution in [-0.2, 0) is 32.3 Å². The van der Waals surface area contributed by atoms with Crippen LogP contribution in [0.2, 0.25) is 0 Å². The van der Waals surface area contributed by atoms with Crippen molar-refractivity contribution in [1.29, 1.82) is 0 Å². The highest BCUT2D eigenvalue weighted by Crippen LogP contribution is 2.28. The molecule has 53 heavy (non-hydrogen) atoms. The third-order valence-corrected chi connectivity index (χ3v) is 9.83. The van der Waals surface area contributed by atoms with Crippen LogP contribution < -0.4 is 5.32 Å². The molecular weight excluding hydrogens is 707 g/mol. The molecule has 1 amide bonds. The summed E-state index contributed by atoms with van der Waals surface area (Å²) in [6.07, 6.45) is 10.9. The fourth-order valence-corrected chi connectivity index (χ4v) is 6.27. The molecule has 0 aliphatic rings. The van der Waals surface area contributed by atoms with Crippen molar-refractivity contribution in [3.05, 3.63) is 95.1 Å². The minimum Gasteiger partial charge on any atom is -0.481 e. The number of carbonyl (C=O) groups excluding carboxylic acids is 1. The summed E-state index contributed by atoms with van der Waals surface area (Å²) in [5.74, 6) is -1.22. The van der Waals surface area contributed by atoms with Crippen LogP contribution in [0.5, 0.6) is 0 Å². The predicted molar refractivity (Wildman–Crippen MR) is 224 cm³/mol. The topological polar surface area (TPSA) is 138 Å². The second-order valence-corrected chi connectivity index (χ2v) is 16.7. The van der Waals surface area contributed by atoms with Crippen molar-refractivity contribution in [2.24, 2.45) is 11.8 Å². The standard InChI is InChI=1S/C21H25NO5S.C13H20.C6H12O2S.C3H8/c1-4-15-9-10-17(18(13-15)16-8-6-5-7-14(16)2)20(23)22-19(21(24)25)11-12-28(3,26)27;1-3-4-8-12(2)11-13-9-6-5-7-10-13;1-5(6(7)8)3-4-9-2;1-3-2/h5-10,13,19H,4,11-12H2,1-3H3,(H,22,23)(H,24,25);5-7,9-10,12H,3-4,8,11H2,1-2H3;5H,3-4H2,1-2H3,(H,7,8);3H2,1-2H3. The number of hydrogen-bond donors (Lipinski definition) is 3. The Balaban J connectivity index is 0.000000888. The lowest BCUT2D eigenvalue weighted by Gasteiger charge is -2.17. The van der Waals surface area contributed by atoms with Crippen LogP contribution in [-0.4, -0.2) is 66.5 Å². The van der Waals surface area contributed by atoms with Crippen molar-refractivity contribution in [3.63, 3.8) is 0 Å². The average Bonchev–Trinajstić information content (AvgIpc) is 3.12. The molecule has 0 radical (unpaired) electrons. The van der Waals surface area contributed by atoms with Gasteiger partial charge in [0.05, 0.1) is 11.7 Å². The van der Waals surface area contributed by atoms with Crippen molar-refractivity contribution in [2.45, 2.75) is 106 Å². The minimum atomic E-state index is -3.33. The van der Waals surface area contributed by atoms with E-state index in [-0.39, 0.29) is 18.1 Å². The first-order valence-electron chi connectivity index (χ1n) is 18.7. The molecule has 0 aromatic heterocycles. The molecule has 0 spiro atoms. The van der Waals surface area contributed by atoms with Crippen molar-refractivity contribution >= 4 is 39.4 Å². The summed E-state index contributed by atoms with van der Waals surface area (Å²) in [4.78, 5) is 34.5. The van der Waals surface area contributed by atoms with Crippen LogP contribution in [0.1, 0.15) is 107 Å². The molecular formula is C43H65NO7S2. The number of thioether (sulfide) groups is 1. The number of carboxylic acid groups (broad SMARTS) is 2. The highest BCUT2D eigenvalue weighted by molar-refractivity contribution is 7.98. The SMILES string of the molecule is CCC.CCCCC(C)Cc1ccccc1.CCc1ccc(C(=O)NC(CCS(C)(=O)=O)C(=O)O)c(-c2ccccc2C)c1.CSCCC(C)C(=O)O. The number of rotatable bonds is 17. The van der Waals surface area contributed by atoms with E-state index in [2.05, 4.69) is 63.3 Å². The number of aliphatic carboxylic acids is 2. The molecule has 0 fully saturated rings. The summed E-state index contributed by atoms with van der Waals surface area (Å²) in [6, 6.07) is 22.6. The van der Waals surface area contributed by atoms with Gasteiger partial charge in [0.1, 0.15) is 15.9 Å². The van der Waals surface area contributed by atoms with Gasteiger partial charge in [0.25, 0.3) is 5.91 Å². The number of amides is 1. The zero-order chi connectivity index (χ0) is 40.4. The maximum Gasteiger partial charge on any atom is 0.326 e. The van der Waals surface area contributed by atoms with E-state index in [9.17, 15) is 27.9 Å². The van der Waals surface area contributed by atoms with Crippen LogP contribution in [0.3, 0.4) is 0 Å².